The lowest BCUT2D eigenvalue weighted by Gasteiger charge is -2.14. The highest BCUT2D eigenvalue weighted by molar-refractivity contribution is 9.10. The lowest BCUT2D eigenvalue weighted by atomic mass is 9.94. The minimum Gasteiger partial charge on any atom is -0.396 e. The fraction of sp³-hybridized carbons (Fsp3) is 0.571. The molecule has 1 N–H and O–H groups in total. The maximum absolute atomic E-state index is 9.39. The molecule has 0 spiro atoms. The summed E-state index contributed by atoms with van der Waals surface area (Å²) in [6.45, 7) is 2.48. The van der Waals surface area contributed by atoms with Gasteiger partial charge in [-0.3, -0.25) is 0 Å². The fourth-order valence-electron chi connectivity index (χ4n) is 1.92. The summed E-state index contributed by atoms with van der Waals surface area (Å²) in [7, 11) is 0. The minimum atomic E-state index is 0.258. The number of benzene rings is 1. The van der Waals surface area contributed by atoms with E-state index in [0.29, 0.717) is 5.92 Å². The van der Waals surface area contributed by atoms with Crippen LogP contribution in [-0.4, -0.2) is 11.7 Å². The molecule has 1 aromatic rings. The Hall–Kier alpha value is -0.340. The van der Waals surface area contributed by atoms with E-state index < -0.39 is 0 Å². The highest BCUT2D eigenvalue weighted by Gasteiger charge is 2.09. The molecule has 90 valence electrons. The summed E-state index contributed by atoms with van der Waals surface area (Å²) in [6, 6.07) is 8.30. The second kappa shape index (κ2) is 7.86. The van der Waals surface area contributed by atoms with Crippen LogP contribution in [0.15, 0.2) is 28.7 Å². The Bertz CT molecular complexity index is 281. The van der Waals surface area contributed by atoms with Crippen molar-refractivity contribution >= 4 is 15.9 Å². The quantitative estimate of drug-likeness (QED) is 0.731. The largest absolute Gasteiger partial charge is 0.396 e. The number of rotatable bonds is 7. The number of halogens is 1. The van der Waals surface area contributed by atoms with Crippen molar-refractivity contribution in [3.63, 3.8) is 0 Å². The average molecular weight is 285 g/mol. The minimum absolute atomic E-state index is 0.258. The van der Waals surface area contributed by atoms with E-state index in [4.69, 9.17) is 0 Å². The molecule has 0 bridgehead atoms. The van der Waals surface area contributed by atoms with Crippen LogP contribution in [0.25, 0.3) is 0 Å². The van der Waals surface area contributed by atoms with Gasteiger partial charge in [0.25, 0.3) is 0 Å². The fourth-order valence-corrected chi connectivity index (χ4v) is 2.18. The number of unbranched alkanes of at least 4 members (excludes halogenated alkanes) is 3. The number of aliphatic hydroxyl groups excluding tert-OH is 1. The third kappa shape index (κ3) is 4.67. The van der Waals surface area contributed by atoms with Crippen molar-refractivity contribution in [1.29, 1.82) is 0 Å². The molecule has 1 atom stereocenters. The monoisotopic (exact) mass is 284 g/mol. The number of aliphatic hydroxyl groups is 1. The zero-order valence-corrected chi connectivity index (χ0v) is 11.5. The molecule has 0 radical (unpaired) electrons. The first-order chi connectivity index (χ1) is 7.77. The highest BCUT2D eigenvalue weighted by atomic mass is 79.9. The zero-order chi connectivity index (χ0) is 11.8. The van der Waals surface area contributed by atoms with E-state index >= 15 is 0 Å². The lowest BCUT2D eigenvalue weighted by molar-refractivity contribution is 0.256. The molecule has 0 saturated carbocycles. The molecule has 0 aliphatic rings. The van der Waals surface area contributed by atoms with Gasteiger partial charge < -0.3 is 5.11 Å². The molecule has 0 heterocycles. The summed E-state index contributed by atoms with van der Waals surface area (Å²) < 4.78 is 1.10. The maximum atomic E-state index is 9.39. The molecular weight excluding hydrogens is 264 g/mol. The van der Waals surface area contributed by atoms with Crippen molar-refractivity contribution in [2.24, 2.45) is 0 Å². The van der Waals surface area contributed by atoms with Gasteiger partial charge in [-0.05, 0) is 24.1 Å². The molecule has 16 heavy (non-hydrogen) atoms. The Morgan fingerprint density at radius 3 is 2.38 bits per heavy atom. The van der Waals surface area contributed by atoms with E-state index in [1.165, 1.54) is 31.2 Å². The predicted octanol–water partition coefficient (Wildman–Crippen LogP) is 4.50. The molecule has 1 aromatic carbocycles. The Kier molecular flexibility index (Phi) is 6.74. The first-order valence-corrected chi connectivity index (χ1v) is 6.93. The van der Waals surface area contributed by atoms with Crippen molar-refractivity contribution in [2.45, 2.75) is 44.9 Å². The summed E-state index contributed by atoms with van der Waals surface area (Å²) in [5.41, 5.74) is 1.25. The van der Waals surface area contributed by atoms with E-state index in [0.717, 1.165) is 10.9 Å². The van der Waals surface area contributed by atoms with Gasteiger partial charge >= 0.3 is 0 Å². The maximum Gasteiger partial charge on any atom is 0.0499 e. The molecule has 2 heteroatoms. The molecule has 1 nitrogen and oxygen atoms in total. The number of hydrogen-bond donors (Lipinski definition) is 1. The molecule has 0 aromatic heterocycles. The Morgan fingerprint density at radius 1 is 1.12 bits per heavy atom. The summed E-state index contributed by atoms with van der Waals surface area (Å²) in [6.07, 6.45) is 6.16. The highest BCUT2D eigenvalue weighted by Crippen LogP contribution is 2.23. The van der Waals surface area contributed by atoms with Crippen LogP contribution in [0, 0.1) is 0 Å². The van der Waals surface area contributed by atoms with Gasteiger partial charge in [0.2, 0.25) is 0 Å². The van der Waals surface area contributed by atoms with E-state index in [1.807, 2.05) is 12.1 Å². The van der Waals surface area contributed by atoms with Crippen LogP contribution in [0.5, 0.6) is 0 Å². The topological polar surface area (TPSA) is 20.2 Å². The van der Waals surface area contributed by atoms with Crippen LogP contribution in [0.3, 0.4) is 0 Å². The van der Waals surface area contributed by atoms with Crippen molar-refractivity contribution < 1.29 is 5.11 Å². The third-order valence-corrected chi connectivity index (χ3v) is 3.50. The summed E-state index contributed by atoms with van der Waals surface area (Å²) >= 11 is 3.43. The first kappa shape index (κ1) is 13.7. The normalized spacial score (nSPS) is 12.7. The van der Waals surface area contributed by atoms with Crippen molar-refractivity contribution in [1.82, 2.24) is 0 Å². The molecule has 0 amide bonds. The smallest absolute Gasteiger partial charge is 0.0499 e. The van der Waals surface area contributed by atoms with Crippen LogP contribution in [-0.2, 0) is 0 Å². The molecule has 1 unspecified atom stereocenters. The van der Waals surface area contributed by atoms with Gasteiger partial charge in [-0.1, -0.05) is 60.7 Å². The predicted molar refractivity (Wildman–Crippen MR) is 72.7 cm³/mol. The van der Waals surface area contributed by atoms with Crippen LogP contribution in [0.4, 0.5) is 0 Å². The van der Waals surface area contributed by atoms with Gasteiger partial charge in [0.15, 0.2) is 0 Å². The van der Waals surface area contributed by atoms with Gasteiger partial charge in [-0.25, -0.2) is 0 Å². The average Bonchev–Trinajstić information content (AvgIpc) is 2.31. The molecular formula is C14H21BrO. The first-order valence-electron chi connectivity index (χ1n) is 6.14. The molecule has 0 aliphatic heterocycles. The van der Waals surface area contributed by atoms with Crippen LogP contribution < -0.4 is 0 Å². The van der Waals surface area contributed by atoms with E-state index in [1.54, 1.807) is 0 Å². The summed E-state index contributed by atoms with van der Waals surface area (Å²) in [4.78, 5) is 0. The zero-order valence-electron chi connectivity index (χ0n) is 9.95. The van der Waals surface area contributed by atoms with Gasteiger partial charge in [0.1, 0.15) is 0 Å². The molecule has 0 fully saturated rings. The summed E-state index contributed by atoms with van der Waals surface area (Å²) in [5, 5.41) is 9.39. The van der Waals surface area contributed by atoms with Crippen LogP contribution in [0.2, 0.25) is 0 Å². The second-order valence-corrected chi connectivity index (χ2v) is 5.20. The molecule has 0 aliphatic carbocycles. The van der Waals surface area contributed by atoms with Crippen LogP contribution >= 0.6 is 15.9 Å². The Balaban J connectivity index is 2.44. The van der Waals surface area contributed by atoms with E-state index in [-0.39, 0.29) is 6.61 Å². The standard InChI is InChI=1S/C14H21BrO/c1-2-3-4-5-6-13(11-16)12-7-9-14(15)10-8-12/h7-10,13,16H,2-6,11H2,1H3. The third-order valence-electron chi connectivity index (χ3n) is 2.97. The van der Waals surface area contributed by atoms with Crippen molar-refractivity contribution in [3.05, 3.63) is 34.3 Å². The molecule has 0 saturated heterocycles. The lowest BCUT2D eigenvalue weighted by Crippen LogP contribution is -2.04. The second-order valence-electron chi connectivity index (χ2n) is 4.28. The van der Waals surface area contributed by atoms with E-state index in [2.05, 4.69) is 35.0 Å². The van der Waals surface area contributed by atoms with Crippen LogP contribution in [0.1, 0.15) is 50.5 Å². The van der Waals surface area contributed by atoms with Gasteiger partial charge in [0, 0.05) is 17.0 Å². The Morgan fingerprint density at radius 2 is 1.81 bits per heavy atom. The summed E-state index contributed by atoms with van der Waals surface area (Å²) in [5.74, 6) is 0.310. The van der Waals surface area contributed by atoms with Gasteiger partial charge in [0.05, 0.1) is 0 Å². The van der Waals surface area contributed by atoms with E-state index in [9.17, 15) is 5.11 Å². The SMILES string of the molecule is CCCCCCC(CO)c1ccc(Br)cc1. The van der Waals surface area contributed by atoms with Crippen molar-refractivity contribution in [3.8, 4) is 0 Å². The molecule has 1 rings (SSSR count). The van der Waals surface area contributed by atoms with Gasteiger partial charge in [-0.2, -0.15) is 0 Å². The number of hydrogen-bond acceptors (Lipinski definition) is 1. The van der Waals surface area contributed by atoms with Crippen molar-refractivity contribution in [2.75, 3.05) is 6.61 Å². The van der Waals surface area contributed by atoms with Gasteiger partial charge in [-0.15, -0.1) is 0 Å². The Labute approximate surface area is 107 Å².